The van der Waals surface area contributed by atoms with Crippen LogP contribution in [0.2, 0.25) is 0 Å². The van der Waals surface area contributed by atoms with Crippen molar-refractivity contribution in [2.45, 2.75) is 25.5 Å². The van der Waals surface area contributed by atoms with E-state index in [0.29, 0.717) is 11.9 Å². The minimum Gasteiger partial charge on any atom is -0.493 e. The molecule has 0 saturated carbocycles. The molecule has 0 fully saturated rings. The minimum atomic E-state index is -0.913. The minimum absolute atomic E-state index is 0.284. The normalized spacial score (nSPS) is 12.1. The van der Waals surface area contributed by atoms with Gasteiger partial charge >= 0.3 is 5.97 Å². The van der Waals surface area contributed by atoms with Gasteiger partial charge in [0.15, 0.2) is 0 Å². The van der Waals surface area contributed by atoms with Gasteiger partial charge in [0.25, 0.3) is 0 Å². The number of carboxylic acids is 1. The zero-order chi connectivity index (χ0) is 12.7. The highest BCUT2D eigenvalue weighted by molar-refractivity contribution is 7.99. The van der Waals surface area contributed by atoms with Crippen molar-refractivity contribution in [3.63, 3.8) is 0 Å². The zero-order valence-electron chi connectivity index (χ0n) is 10.2. The Bertz CT molecular complexity index is 348. The summed E-state index contributed by atoms with van der Waals surface area (Å²) in [5, 5.41) is 9.39. The van der Waals surface area contributed by atoms with Gasteiger partial charge in [-0.25, -0.2) is 4.79 Å². The maximum Gasteiger partial charge on any atom is 0.335 e. The Kier molecular flexibility index (Phi) is 5.91. The number of ether oxygens (including phenoxy) is 1. The third kappa shape index (κ3) is 5.13. The molecule has 0 amide bonds. The Morgan fingerprint density at radius 3 is 2.59 bits per heavy atom. The molecule has 0 radical (unpaired) electrons. The molecule has 1 unspecified atom stereocenters. The van der Waals surface area contributed by atoms with Crippen LogP contribution in [0.25, 0.3) is 0 Å². The molecule has 1 aromatic rings. The summed E-state index contributed by atoms with van der Waals surface area (Å²) < 4.78 is 5.52. The molecule has 0 spiro atoms. The molecule has 4 heteroatoms. The van der Waals surface area contributed by atoms with Gasteiger partial charge in [0.1, 0.15) is 5.75 Å². The van der Waals surface area contributed by atoms with E-state index >= 15 is 0 Å². The summed E-state index contributed by atoms with van der Waals surface area (Å²) in [5.74, 6) is 0.763. The number of benzene rings is 1. The number of rotatable bonds is 7. The van der Waals surface area contributed by atoms with Crippen LogP contribution in [-0.4, -0.2) is 28.7 Å². The van der Waals surface area contributed by atoms with Crippen LogP contribution in [0.4, 0.5) is 0 Å². The topological polar surface area (TPSA) is 46.5 Å². The van der Waals surface area contributed by atoms with Gasteiger partial charge in [0.05, 0.1) is 12.2 Å². The molecule has 0 aliphatic rings. The zero-order valence-corrected chi connectivity index (χ0v) is 11.0. The fraction of sp³-hybridized carbons (Fsp3) is 0.462. The fourth-order valence-electron chi connectivity index (χ4n) is 1.22. The van der Waals surface area contributed by atoms with E-state index in [9.17, 15) is 4.79 Å². The number of carbonyl (C=O) groups is 1. The van der Waals surface area contributed by atoms with Crippen LogP contribution in [0.15, 0.2) is 24.3 Å². The van der Waals surface area contributed by atoms with Gasteiger partial charge in [0.2, 0.25) is 0 Å². The molecule has 1 atom stereocenters. The van der Waals surface area contributed by atoms with Crippen LogP contribution >= 0.6 is 11.8 Å². The molecule has 0 saturated heterocycles. The Hall–Kier alpha value is -1.16. The first-order valence-electron chi connectivity index (χ1n) is 5.71. The van der Waals surface area contributed by atoms with Gasteiger partial charge in [-0.1, -0.05) is 13.8 Å². The first-order chi connectivity index (χ1) is 8.13. The van der Waals surface area contributed by atoms with Crippen molar-refractivity contribution < 1.29 is 14.6 Å². The maximum absolute atomic E-state index is 10.6. The summed E-state index contributed by atoms with van der Waals surface area (Å²) in [6.07, 6.45) is 1.16. The van der Waals surface area contributed by atoms with E-state index < -0.39 is 5.97 Å². The second-order valence-electron chi connectivity index (χ2n) is 3.77. The molecule has 1 aromatic carbocycles. The maximum atomic E-state index is 10.6. The van der Waals surface area contributed by atoms with Crippen LogP contribution < -0.4 is 4.74 Å². The lowest BCUT2D eigenvalue weighted by Crippen LogP contribution is -2.04. The van der Waals surface area contributed by atoms with E-state index in [4.69, 9.17) is 9.84 Å². The predicted molar refractivity (Wildman–Crippen MR) is 71.1 cm³/mol. The second-order valence-corrected chi connectivity index (χ2v) is 5.31. The van der Waals surface area contributed by atoms with Crippen molar-refractivity contribution in [1.82, 2.24) is 0 Å². The SMILES string of the molecule is CCC(C)SCCOc1ccc(C(=O)O)cc1. The molecule has 0 aliphatic carbocycles. The summed E-state index contributed by atoms with van der Waals surface area (Å²) in [7, 11) is 0. The number of hydrogen-bond donors (Lipinski definition) is 1. The fourth-order valence-corrected chi connectivity index (χ4v) is 2.04. The molecule has 1 rings (SSSR count). The third-order valence-corrected chi connectivity index (χ3v) is 3.74. The average molecular weight is 254 g/mol. The van der Waals surface area contributed by atoms with E-state index in [1.54, 1.807) is 24.3 Å². The largest absolute Gasteiger partial charge is 0.493 e. The van der Waals surface area contributed by atoms with Gasteiger partial charge in [0, 0.05) is 11.0 Å². The number of hydrogen-bond acceptors (Lipinski definition) is 3. The van der Waals surface area contributed by atoms with E-state index in [1.165, 1.54) is 0 Å². The lowest BCUT2D eigenvalue weighted by molar-refractivity contribution is 0.0697. The van der Waals surface area contributed by atoms with E-state index in [-0.39, 0.29) is 5.56 Å². The molecule has 3 nitrogen and oxygen atoms in total. The Morgan fingerprint density at radius 2 is 2.06 bits per heavy atom. The first-order valence-corrected chi connectivity index (χ1v) is 6.76. The van der Waals surface area contributed by atoms with Crippen molar-refractivity contribution >= 4 is 17.7 Å². The first kappa shape index (κ1) is 13.9. The van der Waals surface area contributed by atoms with Gasteiger partial charge < -0.3 is 9.84 Å². The van der Waals surface area contributed by atoms with E-state index in [2.05, 4.69) is 13.8 Å². The highest BCUT2D eigenvalue weighted by Gasteiger charge is 2.02. The molecule has 0 aromatic heterocycles. The summed E-state index contributed by atoms with van der Waals surface area (Å²) in [5.41, 5.74) is 0.284. The molecule has 17 heavy (non-hydrogen) atoms. The number of thioether (sulfide) groups is 1. The summed E-state index contributed by atoms with van der Waals surface area (Å²) in [6, 6.07) is 6.49. The smallest absolute Gasteiger partial charge is 0.335 e. The van der Waals surface area contributed by atoms with Crippen molar-refractivity contribution in [2.75, 3.05) is 12.4 Å². The third-order valence-electron chi connectivity index (χ3n) is 2.43. The van der Waals surface area contributed by atoms with Crippen LogP contribution in [0, 0.1) is 0 Å². The molecular formula is C13H18O3S. The molecule has 0 heterocycles. The lowest BCUT2D eigenvalue weighted by atomic mass is 10.2. The summed E-state index contributed by atoms with van der Waals surface area (Å²) >= 11 is 1.88. The highest BCUT2D eigenvalue weighted by Crippen LogP contribution is 2.15. The lowest BCUT2D eigenvalue weighted by Gasteiger charge is -2.09. The summed E-state index contributed by atoms with van der Waals surface area (Å²) in [6.45, 7) is 5.02. The standard InChI is InChI=1S/C13H18O3S/c1-3-10(2)17-9-8-16-12-6-4-11(5-7-12)13(14)15/h4-7,10H,3,8-9H2,1-2H3,(H,14,15). The van der Waals surface area contributed by atoms with E-state index in [0.717, 1.165) is 17.9 Å². The van der Waals surface area contributed by atoms with Gasteiger partial charge in [-0.15, -0.1) is 0 Å². The van der Waals surface area contributed by atoms with Crippen LogP contribution in [0.5, 0.6) is 5.75 Å². The van der Waals surface area contributed by atoms with Crippen LogP contribution in [0.3, 0.4) is 0 Å². The van der Waals surface area contributed by atoms with Gasteiger partial charge in [-0.05, 0) is 30.7 Å². The average Bonchev–Trinajstić information content (AvgIpc) is 2.34. The monoisotopic (exact) mass is 254 g/mol. The Labute approximate surface area is 106 Å². The van der Waals surface area contributed by atoms with Crippen molar-refractivity contribution in [3.05, 3.63) is 29.8 Å². The van der Waals surface area contributed by atoms with Crippen molar-refractivity contribution in [2.24, 2.45) is 0 Å². The number of carboxylic acid groups (broad SMARTS) is 1. The van der Waals surface area contributed by atoms with Gasteiger partial charge in [-0.2, -0.15) is 11.8 Å². The van der Waals surface area contributed by atoms with Crippen molar-refractivity contribution in [1.29, 1.82) is 0 Å². The molecule has 94 valence electrons. The Balaban J connectivity index is 2.30. The Morgan fingerprint density at radius 1 is 1.41 bits per heavy atom. The molecule has 0 aliphatic heterocycles. The second kappa shape index (κ2) is 7.22. The van der Waals surface area contributed by atoms with Crippen molar-refractivity contribution in [3.8, 4) is 5.75 Å². The van der Waals surface area contributed by atoms with Gasteiger partial charge in [-0.3, -0.25) is 0 Å². The van der Waals surface area contributed by atoms with E-state index in [1.807, 2.05) is 11.8 Å². The van der Waals surface area contributed by atoms with Crippen LogP contribution in [-0.2, 0) is 0 Å². The predicted octanol–water partition coefficient (Wildman–Crippen LogP) is 3.30. The summed E-state index contributed by atoms with van der Waals surface area (Å²) in [4.78, 5) is 10.6. The van der Waals surface area contributed by atoms with Crippen LogP contribution in [0.1, 0.15) is 30.6 Å². The highest BCUT2D eigenvalue weighted by atomic mass is 32.2. The molecule has 1 N–H and O–H groups in total. The molecular weight excluding hydrogens is 236 g/mol. The quantitative estimate of drug-likeness (QED) is 0.758. The molecule has 0 bridgehead atoms. The number of aromatic carboxylic acids is 1.